The average Bonchev–Trinajstić information content (AvgIpc) is 2.26. The van der Waals surface area contributed by atoms with Gasteiger partial charge >= 0.3 is 5.97 Å². The Hall–Kier alpha value is -1.40. The summed E-state index contributed by atoms with van der Waals surface area (Å²) < 4.78 is 30.9. The summed E-state index contributed by atoms with van der Waals surface area (Å²) in [6, 6.07) is 5.69. The maximum Gasteiger partial charge on any atom is 0.339 e. The number of hydrogen-bond acceptors (Lipinski definition) is 4. The van der Waals surface area contributed by atoms with Gasteiger partial charge in [0.05, 0.1) is 17.6 Å². The van der Waals surface area contributed by atoms with E-state index in [1.54, 1.807) is 26.0 Å². The molecule has 1 N–H and O–H groups in total. The van der Waals surface area contributed by atoms with Gasteiger partial charge in [0, 0.05) is 6.04 Å². The van der Waals surface area contributed by atoms with Crippen LogP contribution in [-0.4, -0.2) is 27.5 Å². The molecule has 0 aromatic heterocycles. The quantitative estimate of drug-likeness (QED) is 0.821. The second kappa shape index (κ2) is 5.29. The number of esters is 1. The van der Waals surface area contributed by atoms with Gasteiger partial charge in [0.25, 0.3) is 0 Å². The molecule has 0 unspecified atom stereocenters. The molecule has 6 heteroatoms. The SMILES string of the molecule is COC(=O)c1ccccc1S(=O)(=O)NC(C)C. The van der Waals surface area contributed by atoms with Crippen molar-refractivity contribution in [3.8, 4) is 0 Å². The van der Waals surface area contributed by atoms with E-state index in [0.29, 0.717) is 0 Å². The van der Waals surface area contributed by atoms with E-state index in [-0.39, 0.29) is 16.5 Å². The van der Waals surface area contributed by atoms with Crippen LogP contribution in [0.1, 0.15) is 24.2 Å². The van der Waals surface area contributed by atoms with E-state index < -0.39 is 16.0 Å². The Morgan fingerprint density at radius 3 is 2.41 bits per heavy atom. The molecule has 5 nitrogen and oxygen atoms in total. The van der Waals surface area contributed by atoms with Gasteiger partial charge in [-0.3, -0.25) is 0 Å². The zero-order valence-corrected chi connectivity index (χ0v) is 10.7. The zero-order valence-electron chi connectivity index (χ0n) is 9.93. The summed E-state index contributed by atoms with van der Waals surface area (Å²) in [4.78, 5) is 11.4. The Bertz CT molecular complexity index is 508. The fourth-order valence-corrected chi connectivity index (χ4v) is 2.80. The van der Waals surface area contributed by atoms with E-state index in [9.17, 15) is 13.2 Å². The maximum absolute atomic E-state index is 12.0. The molecule has 1 rings (SSSR count). The molecule has 17 heavy (non-hydrogen) atoms. The molecule has 0 amide bonds. The Balaban J connectivity index is 3.27. The van der Waals surface area contributed by atoms with Gasteiger partial charge in [-0.1, -0.05) is 12.1 Å². The first-order chi connectivity index (χ1) is 7.88. The largest absolute Gasteiger partial charge is 0.465 e. The third kappa shape index (κ3) is 3.28. The molecule has 0 saturated heterocycles. The average molecular weight is 257 g/mol. The van der Waals surface area contributed by atoms with Gasteiger partial charge in [0.2, 0.25) is 10.0 Å². The Morgan fingerprint density at radius 1 is 1.29 bits per heavy atom. The predicted molar refractivity (Wildman–Crippen MR) is 63.2 cm³/mol. The molecule has 0 bridgehead atoms. The van der Waals surface area contributed by atoms with Crippen LogP contribution in [0.2, 0.25) is 0 Å². The molecule has 0 radical (unpaired) electrons. The van der Waals surface area contributed by atoms with Crippen LogP contribution in [0, 0.1) is 0 Å². The highest BCUT2D eigenvalue weighted by molar-refractivity contribution is 7.89. The smallest absolute Gasteiger partial charge is 0.339 e. The van der Waals surface area contributed by atoms with Crippen molar-refractivity contribution >= 4 is 16.0 Å². The van der Waals surface area contributed by atoms with Crippen LogP contribution in [0.5, 0.6) is 0 Å². The van der Waals surface area contributed by atoms with E-state index >= 15 is 0 Å². The minimum atomic E-state index is -3.70. The van der Waals surface area contributed by atoms with Crippen molar-refractivity contribution in [3.63, 3.8) is 0 Å². The molecular weight excluding hydrogens is 242 g/mol. The summed E-state index contributed by atoms with van der Waals surface area (Å²) in [5.41, 5.74) is 0.0307. The molecule has 0 aliphatic carbocycles. The van der Waals surface area contributed by atoms with Crippen molar-refractivity contribution in [2.75, 3.05) is 7.11 Å². The van der Waals surface area contributed by atoms with E-state index in [2.05, 4.69) is 9.46 Å². The first kappa shape index (κ1) is 13.7. The van der Waals surface area contributed by atoms with Crippen LogP contribution in [0.25, 0.3) is 0 Å². The molecule has 1 aromatic rings. The third-order valence-electron chi connectivity index (χ3n) is 1.97. The lowest BCUT2D eigenvalue weighted by molar-refractivity contribution is 0.0596. The van der Waals surface area contributed by atoms with Crippen LogP contribution < -0.4 is 4.72 Å². The number of benzene rings is 1. The number of sulfonamides is 1. The minimum Gasteiger partial charge on any atom is -0.465 e. The van der Waals surface area contributed by atoms with Crippen LogP contribution in [-0.2, 0) is 14.8 Å². The molecule has 0 aliphatic heterocycles. The lowest BCUT2D eigenvalue weighted by Crippen LogP contribution is -2.31. The summed E-state index contributed by atoms with van der Waals surface area (Å²) in [5.74, 6) is -0.672. The first-order valence-corrected chi connectivity index (χ1v) is 6.56. The van der Waals surface area contributed by atoms with Gasteiger partial charge in [-0.15, -0.1) is 0 Å². The summed E-state index contributed by atoms with van der Waals surface area (Å²) >= 11 is 0. The van der Waals surface area contributed by atoms with Gasteiger partial charge in [-0.25, -0.2) is 17.9 Å². The zero-order chi connectivity index (χ0) is 13.1. The minimum absolute atomic E-state index is 0.0307. The molecule has 94 valence electrons. The molecule has 0 atom stereocenters. The van der Waals surface area contributed by atoms with E-state index in [1.165, 1.54) is 19.2 Å². The molecule has 1 aromatic carbocycles. The van der Waals surface area contributed by atoms with Crippen LogP contribution in [0.4, 0.5) is 0 Å². The number of methoxy groups -OCH3 is 1. The van der Waals surface area contributed by atoms with Gasteiger partial charge in [-0.05, 0) is 26.0 Å². The van der Waals surface area contributed by atoms with Crippen molar-refractivity contribution in [2.45, 2.75) is 24.8 Å². The van der Waals surface area contributed by atoms with Gasteiger partial charge in [-0.2, -0.15) is 0 Å². The van der Waals surface area contributed by atoms with Crippen molar-refractivity contribution < 1.29 is 17.9 Å². The highest BCUT2D eigenvalue weighted by atomic mass is 32.2. The lowest BCUT2D eigenvalue weighted by atomic mass is 10.2. The summed E-state index contributed by atoms with van der Waals surface area (Å²) in [7, 11) is -2.49. The summed E-state index contributed by atoms with van der Waals surface area (Å²) in [5, 5.41) is 0. The second-order valence-electron chi connectivity index (χ2n) is 3.76. The highest BCUT2D eigenvalue weighted by Gasteiger charge is 2.22. The van der Waals surface area contributed by atoms with Gasteiger partial charge < -0.3 is 4.74 Å². The molecule has 0 heterocycles. The number of nitrogens with one attached hydrogen (secondary N) is 1. The second-order valence-corrected chi connectivity index (χ2v) is 5.45. The lowest BCUT2D eigenvalue weighted by Gasteiger charge is -2.12. The van der Waals surface area contributed by atoms with Crippen LogP contribution in [0.3, 0.4) is 0 Å². The van der Waals surface area contributed by atoms with Crippen LogP contribution >= 0.6 is 0 Å². The topological polar surface area (TPSA) is 72.5 Å². The molecule has 0 aliphatic rings. The third-order valence-corrected chi connectivity index (χ3v) is 3.69. The van der Waals surface area contributed by atoms with E-state index in [1.807, 2.05) is 0 Å². The summed E-state index contributed by atoms with van der Waals surface area (Å²) in [6.45, 7) is 3.41. The van der Waals surface area contributed by atoms with E-state index in [4.69, 9.17) is 0 Å². The molecular formula is C11H15NO4S. The Kier molecular flexibility index (Phi) is 4.25. The van der Waals surface area contributed by atoms with Gasteiger partial charge in [0.15, 0.2) is 0 Å². The van der Waals surface area contributed by atoms with Gasteiger partial charge in [0.1, 0.15) is 0 Å². The molecule has 0 fully saturated rings. The fourth-order valence-electron chi connectivity index (χ4n) is 1.35. The fraction of sp³-hybridized carbons (Fsp3) is 0.364. The normalized spacial score (nSPS) is 11.5. The Morgan fingerprint density at radius 2 is 1.88 bits per heavy atom. The number of hydrogen-bond donors (Lipinski definition) is 1. The van der Waals surface area contributed by atoms with Crippen molar-refractivity contribution in [3.05, 3.63) is 29.8 Å². The van der Waals surface area contributed by atoms with Crippen molar-refractivity contribution in [1.82, 2.24) is 4.72 Å². The number of carbonyl (C=O) groups is 1. The molecule has 0 saturated carbocycles. The predicted octanol–water partition coefficient (Wildman–Crippen LogP) is 1.16. The monoisotopic (exact) mass is 257 g/mol. The molecule has 0 spiro atoms. The first-order valence-electron chi connectivity index (χ1n) is 5.08. The van der Waals surface area contributed by atoms with Crippen molar-refractivity contribution in [2.24, 2.45) is 0 Å². The van der Waals surface area contributed by atoms with E-state index in [0.717, 1.165) is 0 Å². The maximum atomic E-state index is 12.0. The Labute approximate surface area is 101 Å². The summed E-state index contributed by atoms with van der Waals surface area (Å²) in [6.07, 6.45) is 0. The highest BCUT2D eigenvalue weighted by Crippen LogP contribution is 2.16. The number of ether oxygens (including phenoxy) is 1. The number of carbonyl (C=O) groups excluding carboxylic acids is 1. The number of rotatable bonds is 4. The standard InChI is InChI=1S/C11H15NO4S/c1-8(2)12-17(14,15)10-7-5-4-6-9(10)11(13)16-3/h4-8,12H,1-3H3. The van der Waals surface area contributed by atoms with Crippen molar-refractivity contribution in [1.29, 1.82) is 0 Å². The van der Waals surface area contributed by atoms with Crippen LogP contribution in [0.15, 0.2) is 29.2 Å².